The van der Waals surface area contributed by atoms with Gasteiger partial charge in [0.2, 0.25) is 11.8 Å². The van der Waals surface area contributed by atoms with Crippen molar-refractivity contribution in [1.29, 1.82) is 0 Å². The molecule has 3 amide bonds. The lowest BCUT2D eigenvalue weighted by Gasteiger charge is -2.31. The van der Waals surface area contributed by atoms with Crippen LogP contribution in [0, 0.1) is 0 Å². The molecule has 224 valence electrons. The molecule has 0 radical (unpaired) electrons. The molecule has 10 heteroatoms. The van der Waals surface area contributed by atoms with Crippen LogP contribution in [0.3, 0.4) is 0 Å². The predicted molar refractivity (Wildman–Crippen MR) is 164 cm³/mol. The van der Waals surface area contributed by atoms with Gasteiger partial charge in [-0.1, -0.05) is 72.7 Å². The van der Waals surface area contributed by atoms with Crippen molar-refractivity contribution in [2.24, 2.45) is 0 Å². The van der Waals surface area contributed by atoms with Gasteiger partial charge in [-0.15, -0.1) is 0 Å². The topological polar surface area (TPSA) is 120 Å². The quantitative estimate of drug-likeness (QED) is 0.250. The maximum Gasteiger partial charge on any atom is 0.414 e. The van der Waals surface area contributed by atoms with Crippen LogP contribution in [-0.2, 0) is 16.0 Å². The van der Waals surface area contributed by atoms with Gasteiger partial charge in [-0.05, 0) is 55.7 Å². The van der Waals surface area contributed by atoms with E-state index in [0.29, 0.717) is 30.9 Å². The molecule has 2 fully saturated rings. The van der Waals surface area contributed by atoms with E-state index in [2.05, 4.69) is 20.9 Å². The fourth-order valence-electron chi connectivity index (χ4n) is 5.84. The minimum Gasteiger partial charge on any atom is -0.399 e. The summed E-state index contributed by atoms with van der Waals surface area (Å²) in [5.41, 5.74) is -0.204. The van der Waals surface area contributed by atoms with Gasteiger partial charge in [0.05, 0.1) is 6.10 Å². The molecule has 2 aliphatic rings. The number of piperidine rings is 1. The van der Waals surface area contributed by atoms with Crippen LogP contribution in [-0.4, -0.2) is 71.8 Å². The fourth-order valence-corrected chi connectivity index (χ4v) is 6.75. The van der Waals surface area contributed by atoms with Crippen LogP contribution in [0.15, 0.2) is 60.7 Å². The summed E-state index contributed by atoms with van der Waals surface area (Å²) in [5.74, 6) is -0.612. The first-order valence-corrected chi connectivity index (χ1v) is 15.7. The number of aliphatic hydroxyl groups excluding tert-OH is 1. The Morgan fingerprint density at radius 2 is 1.74 bits per heavy atom. The van der Waals surface area contributed by atoms with Gasteiger partial charge in [0.1, 0.15) is 11.6 Å². The van der Waals surface area contributed by atoms with Crippen LogP contribution in [0.5, 0.6) is 5.06 Å². The third-order valence-corrected chi connectivity index (χ3v) is 9.24. The molecule has 0 bridgehead atoms. The number of fused-ring (bicyclic) bond motifs is 1. The fraction of sp³-hybridized carbons (Fsp3) is 0.469. The molecule has 0 spiro atoms. The summed E-state index contributed by atoms with van der Waals surface area (Å²) < 4.78 is 6.61. The van der Waals surface area contributed by atoms with E-state index in [0.717, 1.165) is 67.4 Å². The van der Waals surface area contributed by atoms with Gasteiger partial charge in [-0.25, -0.2) is 4.79 Å². The van der Waals surface area contributed by atoms with Crippen molar-refractivity contribution in [1.82, 2.24) is 20.9 Å². The van der Waals surface area contributed by atoms with Gasteiger partial charge in [0, 0.05) is 36.8 Å². The number of aliphatic hydroxyl groups is 1. The minimum atomic E-state index is -1.14. The monoisotopic (exact) mass is 592 g/mol. The number of nitrogens with zero attached hydrogens (tertiary/aromatic N) is 1. The summed E-state index contributed by atoms with van der Waals surface area (Å²) in [6, 6.07) is 18.4. The van der Waals surface area contributed by atoms with Crippen molar-refractivity contribution in [2.75, 3.05) is 26.2 Å². The van der Waals surface area contributed by atoms with Crippen LogP contribution < -0.4 is 20.7 Å². The molecule has 1 aliphatic carbocycles. The Balaban J connectivity index is 1.20. The summed E-state index contributed by atoms with van der Waals surface area (Å²) in [6.45, 7) is 3.06. The third kappa shape index (κ3) is 7.87. The van der Waals surface area contributed by atoms with Crippen molar-refractivity contribution >= 4 is 39.3 Å². The zero-order valence-electron chi connectivity index (χ0n) is 23.8. The first-order chi connectivity index (χ1) is 20.4. The molecule has 5 rings (SSSR count). The second-order valence-corrected chi connectivity index (χ2v) is 12.4. The van der Waals surface area contributed by atoms with Gasteiger partial charge in [-0.3, -0.25) is 9.59 Å². The molecule has 2 heterocycles. The average Bonchev–Trinajstić information content (AvgIpc) is 3.63. The molecule has 0 unspecified atom stereocenters. The molecule has 1 saturated carbocycles. The van der Waals surface area contributed by atoms with Gasteiger partial charge < -0.3 is 30.7 Å². The predicted octanol–water partition coefficient (Wildman–Crippen LogP) is 3.99. The van der Waals surface area contributed by atoms with Crippen molar-refractivity contribution in [3.63, 3.8) is 0 Å². The Morgan fingerprint density at radius 3 is 2.48 bits per heavy atom. The van der Waals surface area contributed by atoms with E-state index in [1.54, 1.807) is 0 Å². The Morgan fingerprint density at radius 1 is 1.02 bits per heavy atom. The highest BCUT2D eigenvalue weighted by molar-refractivity contribution is 7.20. The number of rotatable bonds is 11. The molecule has 2 aromatic carbocycles. The number of benzene rings is 2. The van der Waals surface area contributed by atoms with Gasteiger partial charge in [-0.2, -0.15) is 0 Å². The van der Waals surface area contributed by atoms with E-state index in [4.69, 9.17) is 4.74 Å². The Labute approximate surface area is 250 Å². The van der Waals surface area contributed by atoms with Gasteiger partial charge in [0.15, 0.2) is 5.06 Å². The lowest BCUT2D eigenvalue weighted by molar-refractivity contribution is -0.132. The number of carbonyl (C=O) groups excluding carboxylic acids is 3. The summed E-state index contributed by atoms with van der Waals surface area (Å²) in [6.07, 6.45) is 4.34. The summed E-state index contributed by atoms with van der Waals surface area (Å²) >= 11 is 1.37. The second kappa shape index (κ2) is 14.1. The molecule has 1 aromatic heterocycles. The van der Waals surface area contributed by atoms with Crippen LogP contribution in [0.1, 0.15) is 50.5 Å². The van der Waals surface area contributed by atoms with E-state index in [1.807, 2.05) is 60.7 Å². The van der Waals surface area contributed by atoms with Crippen molar-refractivity contribution < 1.29 is 24.2 Å². The second-order valence-electron chi connectivity index (χ2n) is 11.3. The highest BCUT2D eigenvalue weighted by atomic mass is 32.1. The van der Waals surface area contributed by atoms with E-state index in [1.165, 1.54) is 11.3 Å². The van der Waals surface area contributed by atoms with Crippen molar-refractivity contribution in [3.05, 3.63) is 66.2 Å². The highest BCUT2D eigenvalue weighted by Crippen LogP contribution is 2.33. The first kappa shape index (κ1) is 30.0. The standard InChI is InChI=1S/C32H40N4O5S/c37-25-13-19-36(20-14-25)18-8-17-33-29(38)26(21-23-9-2-1-3-10-23)34-30(39)32(15-6-7-16-32)35-31(40)41-28-22-24-11-4-5-12-27(24)42-28/h1-5,9-12,22,25-26,37H,6-8,13-21H2,(H,33,38)(H,34,39)(H,35,40)/t26-/m1/s1. The SMILES string of the molecule is O=C(NC1(C(=O)N[C@H](Cc2ccccc2)C(=O)NCCCN2CCC(O)CC2)CCCC1)Oc1cc2ccccc2s1. The van der Waals surface area contributed by atoms with E-state index in [-0.39, 0.29) is 17.9 Å². The third-order valence-electron chi connectivity index (χ3n) is 8.24. The number of ether oxygens (including phenoxy) is 1. The lowest BCUT2D eigenvalue weighted by atomic mass is 9.95. The molecule has 1 saturated heterocycles. The van der Waals surface area contributed by atoms with Crippen LogP contribution >= 0.6 is 11.3 Å². The molecule has 1 atom stereocenters. The normalized spacial score (nSPS) is 17.9. The van der Waals surface area contributed by atoms with Gasteiger partial charge in [0.25, 0.3) is 0 Å². The average molecular weight is 593 g/mol. The molecule has 1 aliphatic heterocycles. The minimum absolute atomic E-state index is 0.210. The number of nitrogens with one attached hydrogen (secondary N) is 3. The first-order valence-electron chi connectivity index (χ1n) is 14.9. The number of carbonyl (C=O) groups is 3. The summed E-state index contributed by atoms with van der Waals surface area (Å²) in [7, 11) is 0. The molecule has 42 heavy (non-hydrogen) atoms. The van der Waals surface area contributed by atoms with Crippen molar-refractivity contribution in [3.8, 4) is 5.06 Å². The maximum absolute atomic E-state index is 13.8. The number of likely N-dealkylation sites (tertiary alicyclic amines) is 1. The lowest BCUT2D eigenvalue weighted by Crippen LogP contribution is -2.61. The molecular formula is C32H40N4O5S. The van der Waals surface area contributed by atoms with E-state index in [9.17, 15) is 19.5 Å². The van der Waals surface area contributed by atoms with Gasteiger partial charge >= 0.3 is 6.09 Å². The van der Waals surface area contributed by atoms with Crippen LogP contribution in [0.2, 0.25) is 0 Å². The van der Waals surface area contributed by atoms with Crippen molar-refractivity contribution in [2.45, 2.75) is 69.1 Å². The Bertz CT molecular complexity index is 1320. The Hall–Kier alpha value is -3.47. The number of hydrogen-bond acceptors (Lipinski definition) is 7. The molecule has 4 N–H and O–H groups in total. The smallest absolute Gasteiger partial charge is 0.399 e. The largest absolute Gasteiger partial charge is 0.414 e. The summed E-state index contributed by atoms with van der Waals surface area (Å²) in [4.78, 5) is 42.4. The summed E-state index contributed by atoms with van der Waals surface area (Å²) in [5, 5.41) is 20.0. The molecular weight excluding hydrogens is 552 g/mol. The highest BCUT2D eigenvalue weighted by Gasteiger charge is 2.44. The van der Waals surface area contributed by atoms with Crippen LogP contribution in [0.25, 0.3) is 10.1 Å². The molecule has 9 nitrogen and oxygen atoms in total. The Kier molecular flexibility index (Phi) is 10.1. The number of amides is 3. The molecule has 3 aromatic rings. The van der Waals surface area contributed by atoms with E-state index < -0.39 is 17.7 Å². The van der Waals surface area contributed by atoms with E-state index >= 15 is 0 Å². The maximum atomic E-state index is 13.8. The number of hydrogen-bond donors (Lipinski definition) is 4. The zero-order chi connectivity index (χ0) is 29.4. The van der Waals surface area contributed by atoms with Crippen LogP contribution in [0.4, 0.5) is 4.79 Å². The number of thiophene rings is 1. The zero-order valence-corrected chi connectivity index (χ0v) is 24.7.